The highest BCUT2D eigenvalue weighted by Gasteiger charge is 2.23. The van der Waals surface area contributed by atoms with E-state index < -0.39 is 21.9 Å². The zero-order valence-electron chi connectivity index (χ0n) is 10.6. The molecule has 102 valence electrons. The number of rotatable bonds is 5. The van der Waals surface area contributed by atoms with Gasteiger partial charge in [-0.25, -0.2) is 17.5 Å². The van der Waals surface area contributed by atoms with Gasteiger partial charge in [0.15, 0.2) is 0 Å². The molecule has 18 heavy (non-hydrogen) atoms. The van der Waals surface area contributed by atoms with Crippen molar-refractivity contribution in [3.8, 4) is 0 Å². The van der Waals surface area contributed by atoms with Gasteiger partial charge >= 0.3 is 0 Å². The highest BCUT2D eigenvalue weighted by Crippen LogP contribution is 2.17. The van der Waals surface area contributed by atoms with E-state index >= 15 is 0 Å². The van der Waals surface area contributed by atoms with Crippen molar-refractivity contribution in [1.29, 1.82) is 0 Å². The summed E-state index contributed by atoms with van der Waals surface area (Å²) in [6.07, 6.45) is 0. The van der Waals surface area contributed by atoms with Crippen LogP contribution in [0.25, 0.3) is 0 Å². The molecule has 2 N–H and O–H groups in total. The van der Waals surface area contributed by atoms with Gasteiger partial charge in [-0.1, -0.05) is 13.8 Å². The maximum atomic E-state index is 12.9. The summed E-state index contributed by atoms with van der Waals surface area (Å²) in [6, 6.07) is 2.93. The fourth-order valence-electron chi connectivity index (χ4n) is 1.56. The van der Waals surface area contributed by atoms with Gasteiger partial charge < -0.3 is 5.11 Å². The summed E-state index contributed by atoms with van der Waals surface area (Å²) < 4.78 is 39.5. The highest BCUT2D eigenvalue weighted by molar-refractivity contribution is 7.89. The molecular formula is C12H18FNO3S. The van der Waals surface area contributed by atoms with Crippen molar-refractivity contribution in [2.45, 2.75) is 31.7 Å². The van der Waals surface area contributed by atoms with Gasteiger partial charge in [-0.3, -0.25) is 0 Å². The molecule has 6 heteroatoms. The van der Waals surface area contributed by atoms with Crippen LogP contribution in [0, 0.1) is 18.7 Å². The Hall–Kier alpha value is -0.980. The molecular weight excluding hydrogens is 257 g/mol. The fourth-order valence-corrected chi connectivity index (χ4v) is 3.16. The Morgan fingerprint density at radius 3 is 2.44 bits per heavy atom. The molecule has 0 aliphatic rings. The molecule has 0 spiro atoms. The molecule has 1 atom stereocenters. The van der Waals surface area contributed by atoms with Crippen LogP contribution in [0.4, 0.5) is 4.39 Å². The number of aliphatic hydroxyl groups excluding tert-OH is 1. The third-order valence-electron chi connectivity index (χ3n) is 2.73. The molecule has 4 nitrogen and oxygen atoms in total. The predicted octanol–water partition coefficient (Wildman–Crippen LogP) is 1.43. The van der Waals surface area contributed by atoms with E-state index in [1.54, 1.807) is 13.8 Å². The Kier molecular flexibility index (Phi) is 4.84. The van der Waals surface area contributed by atoms with Crippen molar-refractivity contribution in [3.63, 3.8) is 0 Å². The normalized spacial score (nSPS) is 13.9. The minimum Gasteiger partial charge on any atom is -0.395 e. The smallest absolute Gasteiger partial charge is 0.241 e. The van der Waals surface area contributed by atoms with Gasteiger partial charge in [-0.05, 0) is 36.6 Å². The highest BCUT2D eigenvalue weighted by atomic mass is 32.2. The number of hydrogen-bond acceptors (Lipinski definition) is 3. The number of benzene rings is 1. The summed E-state index contributed by atoms with van der Waals surface area (Å²) in [7, 11) is -3.74. The summed E-state index contributed by atoms with van der Waals surface area (Å²) in [4.78, 5) is 0.0306. The molecule has 0 heterocycles. The van der Waals surface area contributed by atoms with Crippen molar-refractivity contribution in [3.05, 3.63) is 29.6 Å². The summed E-state index contributed by atoms with van der Waals surface area (Å²) in [5, 5.41) is 9.13. The summed E-state index contributed by atoms with van der Waals surface area (Å²) in [5.74, 6) is -0.514. The van der Waals surface area contributed by atoms with Crippen LogP contribution in [-0.4, -0.2) is 26.2 Å². The summed E-state index contributed by atoms with van der Waals surface area (Å²) in [6.45, 7) is 4.86. The predicted molar refractivity (Wildman–Crippen MR) is 67.2 cm³/mol. The number of sulfonamides is 1. The van der Waals surface area contributed by atoms with Gasteiger partial charge in [-0.15, -0.1) is 0 Å². The first-order valence-corrected chi connectivity index (χ1v) is 7.15. The molecule has 0 saturated heterocycles. The van der Waals surface area contributed by atoms with Crippen molar-refractivity contribution in [1.82, 2.24) is 4.72 Å². The minimum absolute atomic E-state index is 0.0306. The average molecular weight is 275 g/mol. The first-order valence-electron chi connectivity index (χ1n) is 5.67. The first-order chi connectivity index (χ1) is 8.27. The molecule has 0 aromatic heterocycles. The number of halogens is 1. The van der Waals surface area contributed by atoms with Crippen LogP contribution in [0.1, 0.15) is 19.4 Å². The lowest BCUT2D eigenvalue weighted by Crippen LogP contribution is -2.41. The van der Waals surface area contributed by atoms with Crippen molar-refractivity contribution >= 4 is 10.0 Å². The second kappa shape index (κ2) is 5.77. The molecule has 0 radical (unpaired) electrons. The van der Waals surface area contributed by atoms with Gasteiger partial charge in [0.2, 0.25) is 10.0 Å². The van der Waals surface area contributed by atoms with Crippen LogP contribution in [0.5, 0.6) is 0 Å². The topological polar surface area (TPSA) is 66.4 Å². The standard InChI is InChI=1S/C12H18FNO3S/c1-8(2)11(7-15)14-18(16,17)12-5-4-10(13)6-9(12)3/h4-6,8,11,14-15H,7H2,1-3H3. The Balaban J connectivity index is 3.06. The van der Waals surface area contributed by atoms with E-state index in [-0.39, 0.29) is 17.4 Å². The quantitative estimate of drug-likeness (QED) is 0.854. The van der Waals surface area contributed by atoms with Crippen LogP contribution >= 0.6 is 0 Å². The Morgan fingerprint density at radius 2 is 2.00 bits per heavy atom. The van der Waals surface area contributed by atoms with E-state index in [2.05, 4.69) is 4.72 Å². The molecule has 0 amide bonds. The third kappa shape index (κ3) is 3.51. The van der Waals surface area contributed by atoms with Crippen molar-refractivity contribution in [2.24, 2.45) is 5.92 Å². The lowest BCUT2D eigenvalue weighted by molar-refractivity contribution is 0.227. The molecule has 0 saturated carbocycles. The average Bonchev–Trinajstić information content (AvgIpc) is 2.24. The van der Waals surface area contributed by atoms with Crippen LogP contribution < -0.4 is 4.72 Å². The van der Waals surface area contributed by atoms with Crippen LogP contribution in [0.3, 0.4) is 0 Å². The molecule has 1 aromatic rings. The molecule has 1 unspecified atom stereocenters. The van der Waals surface area contributed by atoms with E-state index in [4.69, 9.17) is 5.11 Å². The van der Waals surface area contributed by atoms with Gasteiger partial charge in [0.05, 0.1) is 11.5 Å². The van der Waals surface area contributed by atoms with Crippen molar-refractivity contribution < 1.29 is 17.9 Å². The van der Waals surface area contributed by atoms with Crippen molar-refractivity contribution in [2.75, 3.05) is 6.61 Å². The van der Waals surface area contributed by atoms with E-state index in [1.807, 2.05) is 0 Å². The van der Waals surface area contributed by atoms with Gasteiger partial charge in [0.1, 0.15) is 5.82 Å². The van der Waals surface area contributed by atoms with Gasteiger partial charge in [-0.2, -0.15) is 0 Å². The monoisotopic (exact) mass is 275 g/mol. The zero-order valence-corrected chi connectivity index (χ0v) is 11.5. The SMILES string of the molecule is Cc1cc(F)ccc1S(=O)(=O)NC(CO)C(C)C. The minimum atomic E-state index is -3.74. The Labute approximate surface area is 107 Å². The van der Waals surface area contributed by atoms with E-state index in [0.717, 1.165) is 12.1 Å². The second-order valence-corrected chi connectivity index (χ2v) is 6.25. The third-order valence-corrected chi connectivity index (χ3v) is 4.38. The molecule has 0 bridgehead atoms. The fraction of sp³-hybridized carbons (Fsp3) is 0.500. The molecule has 0 aliphatic carbocycles. The Bertz CT molecular complexity index is 514. The second-order valence-electron chi connectivity index (χ2n) is 4.56. The first kappa shape index (κ1) is 15.1. The molecule has 1 aromatic carbocycles. The van der Waals surface area contributed by atoms with Crippen LogP contribution in [0.15, 0.2) is 23.1 Å². The zero-order chi connectivity index (χ0) is 13.9. The Morgan fingerprint density at radius 1 is 1.39 bits per heavy atom. The number of nitrogens with one attached hydrogen (secondary N) is 1. The number of aliphatic hydroxyl groups is 1. The molecule has 0 aliphatic heterocycles. The van der Waals surface area contributed by atoms with Gasteiger partial charge in [0, 0.05) is 6.04 Å². The summed E-state index contributed by atoms with van der Waals surface area (Å²) in [5.41, 5.74) is 0.336. The number of hydrogen-bond donors (Lipinski definition) is 2. The lowest BCUT2D eigenvalue weighted by Gasteiger charge is -2.20. The maximum absolute atomic E-state index is 12.9. The van der Waals surface area contributed by atoms with E-state index in [0.29, 0.717) is 5.56 Å². The largest absolute Gasteiger partial charge is 0.395 e. The van der Waals surface area contributed by atoms with Crippen LogP contribution in [-0.2, 0) is 10.0 Å². The molecule has 0 fully saturated rings. The number of aryl methyl sites for hydroxylation is 1. The van der Waals surface area contributed by atoms with Crippen LogP contribution in [0.2, 0.25) is 0 Å². The van der Waals surface area contributed by atoms with Gasteiger partial charge in [0.25, 0.3) is 0 Å². The molecule has 1 rings (SSSR count). The van der Waals surface area contributed by atoms with E-state index in [1.165, 1.54) is 13.0 Å². The lowest BCUT2D eigenvalue weighted by atomic mass is 10.1. The maximum Gasteiger partial charge on any atom is 0.241 e. The summed E-state index contributed by atoms with van der Waals surface area (Å²) >= 11 is 0. The van der Waals surface area contributed by atoms with E-state index in [9.17, 15) is 12.8 Å².